The summed E-state index contributed by atoms with van der Waals surface area (Å²) >= 11 is 7.97. The first-order valence-electron chi connectivity index (χ1n) is 5.99. The average Bonchev–Trinajstić information content (AvgIpc) is 2.41. The molecule has 0 bridgehead atoms. The Morgan fingerprint density at radius 1 is 1.35 bits per heavy atom. The summed E-state index contributed by atoms with van der Waals surface area (Å²) in [4.78, 5) is 16.1. The number of nitrogens with one attached hydrogen (secondary N) is 2. The van der Waals surface area contributed by atoms with Crippen molar-refractivity contribution in [2.75, 3.05) is 10.6 Å². The molecule has 0 aliphatic rings. The van der Waals surface area contributed by atoms with Gasteiger partial charge in [-0.25, -0.2) is 4.98 Å². The second-order valence-corrected chi connectivity index (χ2v) is 5.91. The molecule has 0 unspecified atom stereocenters. The van der Waals surface area contributed by atoms with Gasteiger partial charge in [0.1, 0.15) is 11.9 Å². The summed E-state index contributed by atoms with van der Waals surface area (Å²) in [6, 6.07) is 10.8. The molecule has 2 aromatic rings. The third kappa shape index (κ3) is 4.35. The summed E-state index contributed by atoms with van der Waals surface area (Å²) in [6.45, 7) is 1.80. The molecule has 0 fully saturated rings. The third-order valence-electron chi connectivity index (χ3n) is 2.58. The van der Waals surface area contributed by atoms with Crippen molar-refractivity contribution in [2.45, 2.75) is 13.0 Å². The van der Waals surface area contributed by atoms with Crippen LogP contribution in [-0.4, -0.2) is 16.9 Å². The number of aromatic nitrogens is 1. The zero-order valence-electron chi connectivity index (χ0n) is 10.7. The number of amides is 1. The van der Waals surface area contributed by atoms with Crippen LogP contribution in [0.15, 0.2) is 42.6 Å². The molecule has 2 N–H and O–H groups in total. The normalized spacial score (nSPS) is 11.8. The quantitative estimate of drug-likeness (QED) is 0.767. The lowest BCUT2D eigenvalue weighted by Crippen LogP contribution is -2.32. The van der Waals surface area contributed by atoms with Crippen LogP contribution in [0.2, 0.25) is 5.02 Å². The highest BCUT2D eigenvalue weighted by atomic mass is 127. The lowest BCUT2D eigenvalue weighted by molar-refractivity contribution is -0.116. The Balaban J connectivity index is 1.96. The molecular weight excluding hydrogens is 389 g/mol. The largest absolute Gasteiger partial charge is 0.374 e. The van der Waals surface area contributed by atoms with Crippen LogP contribution in [0.5, 0.6) is 0 Å². The van der Waals surface area contributed by atoms with Crippen LogP contribution in [0.4, 0.5) is 11.5 Å². The van der Waals surface area contributed by atoms with Crippen molar-refractivity contribution < 1.29 is 4.79 Å². The molecule has 0 radical (unpaired) electrons. The predicted molar refractivity (Wildman–Crippen MR) is 90.1 cm³/mol. The van der Waals surface area contributed by atoms with Gasteiger partial charge in [-0.05, 0) is 59.8 Å². The molecule has 0 aliphatic heterocycles. The van der Waals surface area contributed by atoms with E-state index in [4.69, 9.17) is 11.6 Å². The van der Waals surface area contributed by atoms with Gasteiger partial charge in [0.15, 0.2) is 0 Å². The number of hydrogen-bond donors (Lipinski definition) is 2. The minimum absolute atomic E-state index is 0.154. The average molecular weight is 402 g/mol. The lowest BCUT2D eigenvalue weighted by Gasteiger charge is -2.15. The first-order chi connectivity index (χ1) is 9.54. The zero-order valence-corrected chi connectivity index (χ0v) is 13.6. The van der Waals surface area contributed by atoms with Gasteiger partial charge >= 0.3 is 0 Å². The van der Waals surface area contributed by atoms with Crippen LogP contribution in [0, 0.1) is 3.57 Å². The van der Waals surface area contributed by atoms with Gasteiger partial charge in [0.05, 0.1) is 5.02 Å². The molecule has 104 valence electrons. The summed E-state index contributed by atoms with van der Waals surface area (Å²) in [5.74, 6) is 0.328. The fraction of sp³-hybridized carbons (Fsp3) is 0.143. The smallest absolute Gasteiger partial charge is 0.247 e. The van der Waals surface area contributed by atoms with Crippen molar-refractivity contribution in [2.24, 2.45) is 0 Å². The van der Waals surface area contributed by atoms with Crippen LogP contribution < -0.4 is 10.6 Å². The summed E-state index contributed by atoms with van der Waals surface area (Å²) < 4.78 is 1.11. The second-order valence-electron chi connectivity index (χ2n) is 4.23. The number of pyridine rings is 1. The molecule has 1 amide bonds. The van der Waals surface area contributed by atoms with E-state index in [2.05, 4.69) is 38.2 Å². The van der Waals surface area contributed by atoms with E-state index in [9.17, 15) is 4.79 Å². The Morgan fingerprint density at radius 3 is 2.80 bits per heavy atom. The SMILES string of the molecule is C[C@H](Nc1cccc(I)c1)C(=O)Nc1ccc(Cl)cn1. The minimum atomic E-state index is -0.370. The van der Waals surface area contributed by atoms with Gasteiger partial charge in [-0.1, -0.05) is 17.7 Å². The van der Waals surface area contributed by atoms with Crippen LogP contribution in [0.25, 0.3) is 0 Å². The van der Waals surface area contributed by atoms with E-state index in [-0.39, 0.29) is 11.9 Å². The topological polar surface area (TPSA) is 54.0 Å². The molecule has 1 heterocycles. The van der Waals surface area contributed by atoms with E-state index in [1.54, 1.807) is 19.1 Å². The van der Waals surface area contributed by atoms with E-state index in [0.29, 0.717) is 10.8 Å². The molecule has 6 heteroatoms. The van der Waals surface area contributed by atoms with Crippen molar-refractivity contribution >= 4 is 51.6 Å². The number of hydrogen-bond acceptors (Lipinski definition) is 3. The van der Waals surface area contributed by atoms with Crippen molar-refractivity contribution in [1.82, 2.24) is 4.98 Å². The Labute approximate surface area is 136 Å². The number of anilines is 2. The Kier molecular flexibility index (Phi) is 5.19. The van der Waals surface area contributed by atoms with E-state index < -0.39 is 0 Å². The predicted octanol–water partition coefficient (Wildman–Crippen LogP) is 3.78. The fourth-order valence-corrected chi connectivity index (χ4v) is 2.23. The Hall–Kier alpha value is -1.34. The Bertz CT molecular complexity index is 604. The highest BCUT2D eigenvalue weighted by Crippen LogP contribution is 2.14. The number of nitrogens with zero attached hydrogens (tertiary/aromatic N) is 1. The summed E-state index contributed by atoms with van der Waals surface area (Å²) in [5.41, 5.74) is 0.906. The van der Waals surface area contributed by atoms with Gasteiger partial charge in [0.2, 0.25) is 5.91 Å². The molecule has 0 aliphatic carbocycles. The van der Waals surface area contributed by atoms with Gasteiger partial charge in [0.25, 0.3) is 0 Å². The third-order valence-corrected chi connectivity index (χ3v) is 3.47. The van der Waals surface area contributed by atoms with Gasteiger partial charge in [-0.15, -0.1) is 0 Å². The maximum absolute atomic E-state index is 12.0. The number of benzene rings is 1. The Morgan fingerprint density at radius 2 is 2.15 bits per heavy atom. The first-order valence-corrected chi connectivity index (χ1v) is 7.45. The number of halogens is 2. The molecule has 4 nitrogen and oxygen atoms in total. The van der Waals surface area contributed by atoms with Crippen molar-refractivity contribution in [1.29, 1.82) is 0 Å². The summed E-state index contributed by atoms with van der Waals surface area (Å²) in [5, 5.41) is 6.41. The number of carbonyl (C=O) groups is 1. The van der Waals surface area contributed by atoms with Gasteiger partial charge < -0.3 is 10.6 Å². The summed E-state index contributed by atoms with van der Waals surface area (Å²) in [6.07, 6.45) is 1.49. The lowest BCUT2D eigenvalue weighted by atomic mass is 10.2. The van der Waals surface area contributed by atoms with Gasteiger partial charge in [0, 0.05) is 15.5 Å². The zero-order chi connectivity index (χ0) is 14.5. The molecule has 1 aromatic carbocycles. The molecule has 2 rings (SSSR count). The van der Waals surface area contributed by atoms with Crippen molar-refractivity contribution in [3.63, 3.8) is 0 Å². The van der Waals surface area contributed by atoms with E-state index in [1.807, 2.05) is 24.3 Å². The van der Waals surface area contributed by atoms with Gasteiger partial charge in [-0.3, -0.25) is 4.79 Å². The monoisotopic (exact) mass is 401 g/mol. The van der Waals surface area contributed by atoms with Crippen LogP contribution in [0.3, 0.4) is 0 Å². The second kappa shape index (κ2) is 6.90. The van der Waals surface area contributed by atoms with Crippen molar-refractivity contribution in [3.05, 3.63) is 51.2 Å². The number of rotatable bonds is 4. The van der Waals surface area contributed by atoms with Crippen LogP contribution in [0.1, 0.15) is 6.92 Å². The molecule has 0 saturated heterocycles. The molecule has 20 heavy (non-hydrogen) atoms. The van der Waals surface area contributed by atoms with E-state index in [0.717, 1.165) is 9.26 Å². The van der Waals surface area contributed by atoms with Gasteiger partial charge in [-0.2, -0.15) is 0 Å². The number of carbonyl (C=O) groups excluding carboxylic acids is 1. The van der Waals surface area contributed by atoms with Crippen LogP contribution >= 0.6 is 34.2 Å². The minimum Gasteiger partial charge on any atom is -0.374 e. The first kappa shape index (κ1) is 15.1. The van der Waals surface area contributed by atoms with Crippen molar-refractivity contribution in [3.8, 4) is 0 Å². The molecule has 1 atom stereocenters. The summed E-state index contributed by atoms with van der Waals surface area (Å²) in [7, 11) is 0. The molecule has 1 aromatic heterocycles. The fourth-order valence-electron chi connectivity index (χ4n) is 1.58. The molecule has 0 spiro atoms. The molecule has 0 saturated carbocycles. The maximum atomic E-state index is 12.0. The highest BCUT2D eigenvalue weighted by molar-refractivity contribution is 14.1. The highest BCUT2D eigenvalue weighted by Gasteiger charge is 2.13. The standard InChI is InChI=1S/C14H13ClIN3O/c1-9(18-12-4-2-3-11(16)7-12)14(20)19-13-6-5-10(15)8-17-13/h2-9,18H,1H3,(H,17,19,20)/t9-/m0/s1. The van der Waals surface area contributed by atoms with Crippen LogP contribution in [-0.2, 0) is 4.79 Å². The molecular formula is C14H13ClIN3O. The maximum Gasteiger partial charge on any atom is 0.247 e. The van der Waals surface area contributed by atoms with E-state index in [1.165, 1.54) is 6.20 Å². The van der Waals surface area contributed by atoms with E-state index >= 15 is 0 Å².